The van der Waals surface area contributed by atoms with Crippen molar-refractivity contribution >= 4 is 5.91 Å². The third-order valence-corrected chi connectivity index (χ3v) is 2.33. The van der Waals surface area contributed by atoms with Crippen molar-refractivity contribution in [2.75, 3.05) is 27.2 Å². The van der Waals surface area contributed by atoms with E-state index < -0.39 is 0 Å². The zero-order valence-corrected chi connectivity index (χ0v) is 7.83. The number of nitrogens with one attached hydrogen (secondary N) is 1. The van der Waals surface area contributed by atoms with Gasteiger partial charge in [0, 0.05) is 13.1 Å². The van der Waals surface area contributed by atoms with Crippen LogP contribution in [0.5, 0.6) is 0 Å². The average Bonchev–Trinajstić information content (AvgIpc) is 2.30. The summed E-state index contributed by atoms with van der Waals surface area (Å²) in [5, 5.41) is 0. The molecule has 4 nitrogen and oxygen atoms in total. The van der Waals surface area contributed by atoms with Gasteiger partial charge in [0.2, 0.25) is 5.91 Å². The zero-order valence-electron chi connectivity index (χ0n) is 7.83. The molecule has 1 N–H and O–H groups in total. The van der Waals surface area contributed by atoms with Crippen molar-refractivity contribution in [3.8, 4) is 0 Å². The summed E-state index contributed by atoms with van der Waals surface area (Å²) in [5.74, 6) is 0.495. The third kappa shape index (κ3) is 1.95. The van der Waals surface area contributed by atoms with E-state index in [1.165, 1.54) is 7.11 Å². The van der Waals surface area contributed by atoms with Crippen molar-refractivity contribution < 1.29 is 9.63 Å². The molecule has 0 aromatic heterocycles. The molecular weight excluding hydrogens is 156 g/mol. The third-order valence-electron chi connectivity index (χ3n) is 2.33. The minimum absolute atomic E-state index is 0.00523. The molecule has 0 bridgehead atoms. The molecule has 1 amide bonds. The summed E-state index contributed by atoms with van der Waals surface area (Å²) in [7, 11) is 3.48. The van der Waals surface area contributed by atoms with Crippen molar-refractivity contribution in [3.05, 3.63) is 0 Å². The number of hydroxylamine groups is 1. The summed E-state index contributed by atoms with van der Waals surface area (Å²) in [6.45, 7) is 3.90. The molecular formula is C8H16N2O2. The second-order valence-corrected chi connectivity index (χ2v) is 3.48. The molecule has 1 fully saturated rings. The predicted molar refractivity (Wildman–Crippen MR) is 45.3 cm³/mol. The van der Waals surface area contributed by atoms with E-state index >= 15 is 0 Å². The first-order valence-electron chi connectivity index (χ1n) is 4.16. The normalized spacial score (nSPS) is 30.6. The molecule has 1 saturated heterocycles. The van der Waals surface area contributed by atoms with Crippen molar-refractivity contribution in [1.29, 1.82) is 0 Å². The Bertz CT molecular complexity index is 172. The minimum Gasteiger partial charge on any atom is -0.305 e. The molecule has 4 heteroatoms. The average molecular weight is 172 g/mol. The molecule has 1 rings (SSSR count). The van der Waals surface area contributed by atoms with Crippen LogP contribution in [0.15, 0.2) is 0 Å². The highest BCUT2D eigenvalue weighted by Crippen LogP contribution is 2.21. The van der Waals surface area contributed by atoms with Crippen molar-refractivity contribution in [2.45, 2.75) is 6.92 Å². The summed E-state index contributed by atoms with van der Waals surface area (Å²) < 4.78 is 0. The van der Waals surface area contributed by atoms with E-state index in [0.29, 0.717) is 5.92 Å². The van der Waals surface area contributed by atoms with E-state index in [1.54, 1.807) is 0 Å². The molecule has 0 radical (unpaired) electrons. The van der Waals surface area contributed by atoms with Gasteiger partial charge >= 0.3 is 0 Å². The standard InChI is InChI=1S/C8H16N2O2/c1-6-4-10(2)5-7(6)8(11)9-12-3/h6-7H,4-5H2,1-3H3,(H,9,11)/t6-,7-/m1/s1. The van der Waals surface area contributed by atoms with Gasteiger partial charge in [0.05, 0.1) is 13.0 Å². The monoisotopic (exact) mass is 172 g/mol. The number of nitrogens with zero attached hydrogens (tertiary/aromatic N) is 1. The molecule has 0 aromatic rings. The summed E-state index contributed by atoms with van der Waals surface area (Å²) in [4.78, 5) is 18.1. The van der Waals surface area contributed by atoms with Gasteiger partial charge in [-0.05, 0) is 13.0 Å². The van der Waals surface area contributed by atoms with Crippen LogP contribution in [-0.2, 0) is 9.63 Å². The lowest BCUT2D eigenvalue weighted by atomic mass is 9.98. The second kappa shape index (κ2) is 3.87. The van der Waals surface area contributed by atoms with Crippen LogP contribution < -0.4 is 5.48 Å². The highest BCUT2D eigenvalue weighted by Gasteiger charge is 2.32. The Labute approximate surface area is 72.8 Å². The highest BCUT2D eigenvalue weighted by atomic mass is 16.6. The van der Waals surface area contributed by atoms with E-state index in [0.717, 1.165) is 13.1 Å². The van der Waals surface area contributed by atoms with Gasteiger partial charge in [0.25, 0.3) is 0 Å². The smallest absolute Gasteiger partial charge is 0.248 e. The van der Waals surface area contributed by atoms with Crippen LogP contribution in [0.25, 0.3) is 0 Å². The number of rotatable bonds is 2. The summed E-state index contributed by atoms with van der Waals surface area (Å²) in [6, 6.07) is 0. The van der Waals surface area contributed by atoms with Crippen molar-refractivity contribution in [1.82, 2.24) is 10.4 Å². The maximum atomic E-state index is 11.3. The van der Waals surface area contributed by atoms with Gasteiger partial charge in [0.15, 0.2) is 0 Å². The molecule has 70 valence electrons. The SMILES string of the molecule is CONC(=O)[C@@H]1CN(C)C[C@H]1C. The van der Waals surface area contributed by atoms with Crippen LogP contribution in [0.3, 0.4) is 0 Å². The molecule has 1 aliphatic rings. The predicted octanol–water partition coefficient (Wildman–Crippen LogP) is -0.138. The number of likely N-dealkylation sites (tertiary alicyclic amines) is 1. The lowest BCUT2D eigenvalue weighted by Crippen LogP contribution is -2.33. The minimum atomic E-state index is -0.00523. The van der Waals surface area contributed by atoms with Gasteiger partial charge in [-0.1, -0.05) is 6.92 Å². The fraction of sp³-hybridized carbons (Fsp3) is 0.875. The second-order valence-electron chi connectivity index (χ2n) is 3.48. The number of hydrogen-bond donors (Lipinski definition) is 1. The summed E-state index contributed by atoms with van der Waals surface area (Å²) in [5.41, 5.74) is 2.37. The van der Waals surface area contributed by atoms with Gasteiger partial charge in [-0.3, -0.25) is 9.63 Å². The van der Waals surface area contributed by atoms with Crippen LogP contribution >= 0.6 is 0 Å². The largest absolute Gasteiger partial charge is 0.305 e. The first-order valence-corrected chi connectivity index (χ1v) is 4.16. The lowest BCUT2D eigenvalue weighted by Gasteiger charge is -2.12. The van der Waals surface area contributed by atoms with Gasteiger partial charge in [-0.25, -0.2) is 5.48 Å². The first-order chi connectivity index (χ1) is 5.65. The molecule has 12 heavy (non-hydrogen) atoms. The molecule has 0 unspecified atom stereocenters. The quantitative estimate of drug-likeness (QED) is 0.589. The molecule has 0 aliphatic carbocycles. The van der Waals surface area contributed by atoms with Crippen LogP contribution in [-0.4, -0.2) is 38.1 Å². The topological polar surface area (TPSA) is 41.6 Å². The zero-order chi connectivity index (χ0) is 9.14. The Morgan fingerprint density at radius 1 is 1.58 bits per heavy atom. The maximum absolute atomic E-state index is 11.3. The fourth-order valence-corrected chi connectivity index (χ4v) is 1.73. The Morgan fingerprint density at radius 2 is 2.25 bits per heavy atom. The van der Waals surface area contributed by atoms with E-state index in [-0.39, 0.29) is 11.8 Å². The Hall–Kier alpha value is -0.610. The van der Waals surface area contributed by atoms with Gasteiger partial charge in [0.1, 0.15) is 0 Å². The van der Waals surface area contributed by atoms with Crippen molar-refractivity contribution in [3.63, 3.8) is 0 Å². The maximum Gasteiger partial charge on any atom is 0.248 e. The van der Waals surface area contributed by atoms with Gasteiger partial charge in [-0.15, -0.1) is 0 Å². The molecule has 1 aliphatic heterocycles. The summed E-state index contributed by atoms with van der Waals surface area (Å²) >= 11 is 0. The van der Waals surface area contributed by atoms with Gasteiger partial charge < -0.3 is 4.90 Å². The molecule has 0 aromatic carbocycles. The van der Waals surface area contributed by atoms with E-state index in [4.69, 9.17) is 0 Å². The van der Waals surface area contributed by atoms with Crippen molar-refractivity contribution in [2.24, 2.45) is 11.8 Å². The molecule has 2 atom stereocenters. The Morgan fingerprint density at radius 3 is 2.67 bits per heavy atom. The number of hydrogen-bond acceptors (Lipinski definition) is 3. The number of carbonyl (C=O) groups excluding carboxylic acids is 1. The first kappa shape index (κ1) is 9.48. The van der Waals surface area contributed by atoms with Crippen LogP contribution in [0, 0.1) is 11.8 Å². The van der Waals surface area contributed by atoms with Crippen LogP contribution in [0.4, 0.5) is 0 Å². The number of carbonyl (C=O) groups is 1. The fourth-order valence-electron chi connectivity index (χ4n) is 1.73. The van der Waals surface area contributed by atoms with E-state index in [2.05, 4.69) is 22.1 Å². The highest BCUT2D eigenvalue weighted by molar-refractivity contribution is 5.78. The van der Waals surface area contributed by atoms with E-state index in [9.17, 15) is 4.79 Å². The molecule has 0 spiro atoms. The Balaban J connectivity index is 2.46. The van der Waals surface area contributed by atoms with Gasteiger partial charge in [-0.2, -0.15) is 0 Å². The van der Waals surface area contributed by atoms with Crippen LogP contribution in [0.2, 0.25) is 0 Å². The molecule has 0 saturated carbocycles. The Kier molecular flexibility index (Phi) is 3.05. The number of amides is 1. The lowest BCUT2D eigenvalue weighted by molar-refractivity contribution is -0.136. The van der Waals surface area contributed by atoms with Crippen LogP contribution in [0.1, 0.15) is 6.92 Å². The summed E-state index contributed by atoms with van der Waals surface area (Å²) in [6.07, 6.45) is 0. The van der Waals surface area contributed by atoms with E-state index in [1.807, 2.05) is 7.05 Å². The molecule has 1 heterocycles.